The van der Waals surface area contributed by atoms with Gasteiger partial charge in [-0.05, 0) is 56.2 Å². The van der Waals surface area contributed by atoms with Crippen LogP contribution in [0.3, 0.4) is 0 Å². The highest BCUT2D eigenvalue weighted by Crippen LogP contribution is 2.27. The number of para-hydroxylation sites is 1. The number of carbonyl (C=O) groups excluding carboxylic acids is 1. The zero-order chi connectivity index (χ0) is 18.1. The number of aryl methyl sites for hydroxylation is 3. The molecule has 5 nitrogen and oxygen atoms in total. The summed E-state index contributed by atoms with van der Waals surface area (Å²) in [5.74, 6) is -0.898. The van der Waals surface area contributed by atoms with Gasteiger partial charge in [-0.3, -0.25) is 9.59 Å². The number of pyridine rings is 1. The summed E-state index contributed by atoms with van der Waals surface area (Å²) in [6.45, 7) is 6.16. The number of fused-ring (bicyclic) bond motifs is 1. The van der Waals surface area contributed by atoms with Crippen LogP contribution in [-0.4, -0.2) is 15.6 Å². The quantitative estimate of drug-likeness (QED) is 0.768. The van der Waals surface area contributed by atoms with E-state index >= 15 is 0 Å². The number of benzene rings is 2. The highest BCUT2D eigenvalue weighted by molar-refractivity contribution is 6.09. The molecular weight excluding hydrogens is 316 g/mol. The Balaban J connectivity index is 2.13. The number of aromatic nitrogens is 1. The molecule has 0 aliphatic carbocycles. The summed E-state index contributed by atoms with van der Waals surface area (Å²) in [6.07, 6.45) is 0. The van der Waals surface area contributed by atoms with Crippen LogP contribution in [0.25, 0.3) is 10.9 Å². The van der Waals surface area contributed by atoms with Crippen molar-refractivity contribution in [1.29, 1.82) is 0 Å². The van der Waals surface area contributed by atoms with Crippen molar-refractivity contribution >= 4 is 22.5 Å². The molecule has 128 valence electrons. The lowest BCUT2D eigenvalue weighted by atomic mass is 10.1. The summed E-state index contributed by atoms with van der Waals surface area (Å²) in [6, 6.07) is 12.5. The van der Waals surface area contributed by atoms with E-state index in [-0.39, 0.29) is 11.3 Å². The van der Waals surface area contributed by atoms with E-state index in [9.17, 15) is 14.7 Å². The normalized spacial score (nSPS) is 10.8. The summed E-state index contributed by atoms with van der Waals surface area (Å²) in [5, 5.41) is 13.7. The van der Waals surface area contributed by atoms with Gasteiger partial charge in [-0.1, -0.05) is 18.2 Å². The van der Waals surface area contributed by atoms with E-state index in [2.05, 4.69) is 5.32 Å². The lowest BCUT2D eigenvalue weighted by molar-refractivity contribution is 0.102. The Hall–Kier alpha value is -3.08. The number of aromatic hydroxyl groups is 1. The molecule has 0 saturated heterocycles. The Bertz CT molecular complexity index is 1040. The van der Waals surface area contributed by atoms with E-state index in [1.54, 1.807) is 30.3 Å². The molecule has 2 aromatic carbocycles. The molecule has 0 bridgehead atoms. The van der Waals surface area contributed by atoms with Crippen molar-refractivity contribution in [3.63, 3.8) is 0 Å². The first-order chi connectivity index (χ1) is 11.9. The summed E-state index contributed by atoms with van der Waals surface area (Å²) in [7, 11) is 0. The Morgan fingerprint density at radius 1 is 1.12 bits per heavy atom. The Morgan fingerprint density at radius 2 is 1.84 bits per heavy atom. The lowest BCUT2D eigenvalue weighted by Crippen LogP contribution is -2.29. The molecule has 0 fully saturated rings. The van der Waals surface area contributed by atoms with E-state index < -0.39 is 11.5 Å². The highest BCUT2D eigenvalue weighted by atomic mass is 16.3. The number of carbonyl (C=O) groups is 1. The summed E-state index contributed by atoms with van der Waals surface area (Å²) < 4.78 is 1.49. The van der Waals surface area contributed by atoms with E-state index in [0.717, 1.165) is 11.1 Å². The maximum atomic E-state index is 12.7. The molecule has 0 radical (unpaired) electrons. The second-order valence-corrected chi connectivity index (χ2v) is 6.04. The summed E-state index contributed by atoms with van der Waals surface area (Å²) in [4.78, 5) is 25.4. The molecule has 25 heavy (non-hydrogen) atoms. The monoisotopic (exact) mass is 336 g/mol. The molecule has 0 aliphatic heterocycles. The number of amides is 1. The van der Waals surface area contributed by atoms with Gasteiger partial charge >= 0.3 is 0 Å². The molecule has 1 aromatic heterocycles. The average molecular weight is 336 g/mol. The fourth-order valence-corrected chi connectivity index (χ4v) is 2.92. The Labute approximate surface area is 145 Å². The van der Waals surface area contributed by atoms with Crippen LogP contribution in [-0.2, 0) is 6.54 Å². The van der Waals surface area contributed by atoms with E-state index in [0.29, 0.717) is 23.1 Å². The van der Waals surface area contributed by atoms with Gasteiger partial charge in [0.05, 0.1) is 5.52 Å². The second-order valence-electron chi connectivity index (χ2n) is 6.04. The molecule has 5 heteroatoms. The first kappa shape index (κ1) is 16.8. The van der Waals surface area contributed by atoms with Gasteiger partial charge in [-0.15, -0.1) is 0 Å². The zero-order valence-corrected chi connectivity index (χ0v) is 14.5. The number of rotatable bonds is 3. The number of nitrogens with one attached hydrogen (secondary N) is 1. The predicted molar refractivity (Wildman–Crippen MR) is 99.4 cm³/mol. The van der Waals surface area contributed by atoms with Crippen molar-refractivity contribution < 1.29 is 9.90 Å². The SMILES string of the molecule is CCn1c(=O)c(C(=O)Nc2ccc(C)c(C)c2)c(O)c2ccccc21. The predicted octanol–water partition coefficient (Wildman–Crippen LogP) is 3.60. The molecule has 2 N–H and O–H groups in total. The number of anilines is 1. The van der Waals surface area contributed by atoms with Crippen LogP contribution in [0.4, 0.5) is 5.69 Å². The second kappa shape index (κ2) is 6.43. The minimum Gasteiger partial charge on any atom is -0.506 e. The fraction of sp³-hybridized carbons (Fsp3) is 0.200. The van der Waals surface area contributed by atoms with Gasteiger partial charge in [0.2, 0.25) is 0 Å². The minimum absolute atomic E-state index is 0.237. The molecule has 1 amide bonds. The molecule has 3 rings (SSSR count). The molecule has 0 aliphatic rings. The number of hydrogen-bond donors (Lipinski definition) is 2. The number of hydrogen-bond acceptors (Lipinski definition) is 3. The summed E-state index contributed by atoms with van der Waals surface area (Å²) in [5.41, 5.74) is 2.60. The first-order valence-corrected chi connectivity index (χ1v) is 8.17. The van der Waals surface area contributed by atoms with Crippen molar-refractivity contribution in [2.75, 3.05) is 5.32 Å². The Morgan fingerprint density at radius 3 is 2.52 bits per heavy atom. The minimum atomic E-state index is -0.612. The van der Waals surface area contributed by atoms with Crippen molar-refractivity contribution in [2.45, 2.75) is 27.3 Å². The molecule has 3 aromatic rings. The molecular formula is C20H20N2O3. The van der Waals surface area contributed by atoms with Crippen LogP contribution < -0.4 is 10.9 Å². The van der Waals surface area contributed by atoms with Crippen LogP contribution in [0.1, 0.15) is 28.4 Å². The van der Waals surface area contributed by atoms with Crippen molar-refractivity contribution in [3.05, 3.63) is 69.5 Å². The third-order valence-corrected chi connectivity index (χ3v) is 4.45. The summed E-state index contributed by atoms with van der Waals surface area (Å²) >= 11 is 0. The molecule has 0 unspecified atom stereocenters. The van der Waals surface area contributed by atoms with E-state index in [4.69, 9.17) is 0 Å². The molecule has 1 heterocycles. The number of nitrogens with zero attached hydrogens (tertiary/aromatic N) is 1. The molecule has 0 spiro atoms. The third-order valence-electron chi connectivity index (χ3n) is 4.45. The Kier molecular flexibility index (Phi) is 4.31. The standard InChI is InChI=1S/C20H20N2O3/c1-4-22-16-8-6-5-7-15(16)18(23)17(20(22)25)19(24)21-14-10-9-12(2)13(3)11-14/h5-11,23H,4H2,1-3H3,(H,21,24). The van der Waals surface area contributed by atoms with Gasteiger partial charge in [0.25, 0.3) is 11.5 Å². The van der Waals surface area contributed by atoms with Gasteiger partial charge in [-0.25, -0.2) is 0 Å². The van der Waals surface area contributed by atoms with Gasteiger partial charge in [-0.2, -0.15) is 0 Å². The average Bonchev–Trinajstić information content (AvgIpc) is 2.59. The molecule has 0 atom stereocenters. The third kappa shape index (κ3) is 2.89. The van der Waals surface area contributed by atoms with Crippen molar-refractivity contribution in [1.82, 2.24) is 4.57 Å². The van der Waals surface area contributed by atoms with Crippen molar-refractivity contribution in [2.24, 2.45) is 0 Å². The highest BCUT2D eigenvalue weighted by Gasteiger charge is 2.21. The zero-order valence-electron chi connectivity index (χ0n) is 14.5. The smallest absolute Gasteiger partial charge is 0.267 e. The van der Waals surface area contributed by atoms with Crippen LogP contribution in [0.15, 0.2) is 47.3 Å². The fourth-order valence-electron chi connectivity index (χ4n) is 2.92. The van der Waals surface area contributed by atoms with Gasteiger partial charge < -0.3 is 15.0 Å². The van der Waals surface area contributed by atoms with Gasteiger partial charge in [0.15, 0.2) is 0 Å². The maximum Gasteiger partial charge on any atom is 0.267 e. The lowest BCUT2D eigenvalue weighted by Gasteiger charge is -2.14. The topological polar surface area (TPSA) is 71.3 Å². The van der Waals surface area contributed by atoms with Gasteiger partial charge in [0.1, 0.15) is 11.3 Å². The van der Waals surface area contributed by atoms with Crippen LogP contribution in [0, 0.1) is 13.8 Å². The van der Waals surface area contributed by atoms with E-state index in [1.807, 2.05) is 32.9 Å². The van der Waals surface area contributed by atoms with E-state index in [1.165, 1.54) is 4.57 Å². The maximum absolute atomic E-state index is 12.7. The van der Waals surface area contributed by atoms with Crippen LogP contribution >= 0.6 is 0 Å². The largest absolute Gasteiger partial charge is 0.506 e. The van der Waals surface area contributed by atoms with Crippen LogP contribution in [0.2, 0.25) is 0 Å². The van der Waals surface area contributed by atoms with Crippen molar-refractivity contribution in [3.8, 4) is 5.75 Å². The molecule has 0 saturated carbocycles. The van der Waals surface area contributed by atoms with Gasteiger partial charge in [0, 0.05) is 17.6 Å². The van der Waals surface area contributed by atoms with Crippen LogP contribution in [0.5, 0.6) is 5.75 Å². The first-order valence-electron chi connectivity index (χ1n) is 8.17.